The second kappa shape index (κ2) is 10.5. The van der Waals surface area contributed by atoms with E-state index in [4.69, 9.17) is 5.73 Å². The number of fused-ring (bicyclic) bond motifs is 7. The molecule has 1 aromatic heterocycles. The van der Waals surface area contributed by atoms with Crippen LogP contribution in [-0.4, -0.2) is 4.57 Å². The average molecular weight is 590 g/mol. The van der Waals surface area contributed by atoms with E-state index in [1.807, 2.05) is 6.07 Å². The number of hydrogen-bond acceptors (Lipinski definition) is 2. The number of para-hydroxylation sites is 2. The van der Waals surface area contributed by atoms with Gasteiger partial charge in [-0.25, -0.2) is 0 Å². The SMILES string of the molecule is Nc1ccc2ccc3ccc(-n4c5ccccc5c5cc6ccccc6cc54)cc3c2c1N(Cc1ccccc1)c1ccccc1. The van der Waals surface area contributed by atoms with Crippen molar-refractivity contribution < 1.29 is 0 Å². The Morgan fingerprint density at radius 3 is 1.96 bits per heavy atom. The first-order valence-corrected chi connectivity index (χ1v) is 15.8. The lowest BCUT2D eigenvalue weighted by molar-refractivity contribution is 0.982. The Morgan fingerprint density at radius 1 is 0.478 bits per heavy atom. The Kier molecular flexibility index (Phi) is 6.04. The highest BCUT2D eigenvalue weighted by Gasteiger charge is 2.20. The zero-order valence-electron chi connectivity index (χ0n) is 25.3. The van der Waals surface area contributed by atoms with Crippen molar-refractivity contribution in [3.05, 3.63) is 169 Å². The lowest BCUT2D eigenvalue weighted by Crippen LogP contribution is -2.18. The molecule has 46 heavy (non-hydrogen) atoms. The molecule has 3 heteroatoms. The van der Waals surface area contributed by atoms with Gasteiger partial charge in [-0.3, -0.25) is 0 Å². The minimum Gasteiger partial charge on any atom is -0.397 e. The predicted octanol–water partition coefficient (Wildman–Crippen LogP) is 11.2. The third-order valence-electron chi connectivity index (χ3n) is 9.31. The molecule has 0 spiro atoms. The summed E-state index contributed by atoms with van der Waals surface area (Å²) in [7, 11) is 0. The second-order valence-corrected chi connectivity index (χ2v) is 12.0. The molecule has 0 aliphatic rings. The second-order valence-electron chi connectivity index (χ2n) is 12.0. The number of hydrogen-bond donors (Lipinski definition) is 1. The maximum absolute atomic E-state index is 6.96. The van der Waals surface area contributed by atoms with Gasteiger partial charge in [-0.1, -0.05) is 115 Å². The fourth-order valence-corrected chi connectivity index (χ4v) is 7.17. The molecule has 0 bridgehead atoms. The quantitative estimate of drug-likeness (QED) is 0.160. The maximum Gasteiger partial charge on any atom is 0.0733 e. The Hall–Kier alpha value is -6.06. The number of benzene rings is 8. The number of nitrogen functional groups attached to an aromatic ring is 1. The van der Waals surface area contributed by atoms with Gasteiger partial charge in [0, 0.05) is 34.1 Å². The van der Waals surface area contributed by atoms with Crippen LogP contribution < -0.4 is 10.6 Å². The summed E-state index contributed by atoms with van der Waals surface area (Å²) in [6, 6.07) is 58.7. The van der Waals surface area contributed by atoms with Crippen LogP contribution in [0, 0.1) is 0 Å². The molecule has 0 radical (unpaired) electrons. The van der Waals surface area contributed by atoms with Crippen LogP contribution >= 0.6 is 0 Å². The molecule has 1 heterocycles. The highest BCUT2D eigenvalue weighted by Crippen LogP contribution is 2.43. The van der Waals surface area contributed by atoms with Crippen LogP contribution in [0.5, 0.6) is 0 Å². The van der Waals surface area contributed by atoms with E-state index in [0.29, 0.717) is 6.54 Å². The monoisotopic (exact) mass is 589 g/mol. The first kappa shape index (κ1) is 26.4. The van der Waals surface area contributed by atoms with E-state index in [2.05, 4.69) is 167 Å². The van der Waals surface area contributed by atoms with Gasteiger partial charge < -0.3 is 15.2 Å². The van der Waals surface area contributed by atoms with Crippen molar-refractivity contribution in [1.29, 1.82) is 0 Å². The minimum absolute atomic E-state index is 0.699. The van der Waals surface area contributed by atoms with Gasteiger partial charge in [0.25, 0.3) is 0 Å². The summed E-state index contributed by atoms with van der Waals surface area (Å²) >= 11 is 0. The van der Waals surface area contributed by atoms with Gasteiger partial charge in [-0.2, -0.15) is 0 Å². The molecule has 0 unspecified atom stereocenters. The minimum atomic E-state index is 0.699. The van der Waals surface area contributed by atoms with Crippen LogP contribution in [0.4, 0.5) is 17.1 Å². The Bertz CT molecular complexity index is 2560. The van der Waals surface area contributed by atoms with Crippen LogP contribution in [0.25, 0.3) is 59.8 Å². The molecule has 2 N–H and O–H groups in total. The smallest absolute Gasteiger partial charge is 0.0733 e. The van der Waals surface area contributed by atoms with Crippen LogP contribution in [0.2, 0.25) is 0 Å². The number of nitrogens with zero attached hydrogens (tertiary/aromatic N) is 2. The zero-order valence-corrected chi connectivity index (χ0v) is 25.3. The van der Waals surface area contributed by atoms with Gasteiger partial charge in [0.2, 0.25) is 0 Å². The fourth-order valence-electron chi connectivity index (χ4n) is 7.17. The standard InChI is InChI=1S/C43H31N3/c44-39-24-22-31-20-19-30-21-23-35(46-40-18-10-9-17-36(40)38-25-32-13-7-8-14-33(32)26-41(38)46)27-37(30)42(31)43(39)45(34-15-5-2-6-16-34)28-29-11-3-1-4-12-29/h1-27H,28,44H2. The summed E-state index contributed by atoms with van der Waals surface area (Å²) in [5.41, 5.74) is 14.6. The van der Waals surface area contributed by atoms with Crippen molar-refractivity contribution in [1.82, 2.24) is 4.57 Å². The number of nitrogens with two attached hydrogens (primary N) is 1. The Morgan fingerprint density at radius 2 is 1.13 bits per heavy atom. The fraction of sp³-hybridized carbons (Fsp3) is 0.0233. The Labute approximate surface area is 267 Å². The van der Waals surface area contributed by atoms with E-state index < -0.39 is 0 Å². The summed E-state index contributed by atoms with van der Waals surface area (Å²) in [4.78, 5) is 2.37. The van der Waals surface area contributed by atoms with Crippen molar-refractivity contribution in [2.45, 2.75) is 6.54 Å². The highest BCUT2D eigenvalue weighted by molar-refractivity contribution is 6.18. The number of rotatable bonds is 5. The van der Waals surface area contributed by atoms with Crippen molar-refractivity contribution in [2.75, 3.05) is 10.6 Å². The molecule has 3 nitrogen and oxygen atoms in total. The molecule has 0 aliphatic heterocycles. The summed E-state index contributed by atoms with van der Waals surface area (Å²) in [6.07, 6.45) is 0. The van der Waals surface area contributed by atoms with E-state index in [9.17, 15) is 0 Å². The van der Waals surface area contributed by atoms with Crippen LogP contribution in [-0.2, 0) is 6.54 Å². The van der Waals surface area contributed by atoms with E-state index >= 15 is 0 Å². The molecule has 9 rings (SSSR count). The normalized spacial score (nSPS) is 11.7. The lowest BCUT2D eigenvalue weighted by Gasteiger charge is -2.29. The van der Waals surface area contributed by atoms with Crippen molar-refractivity contribution in [3.63, 3.8) is 0 Å². The third kappa shape index (κ3) is 4.21. The molecule has 8 aromatic carbocycles. The molecule has 0 fully saturated rings. The van der Waals surface area contributed by atoms with E-state index in [0.717, 1.165) is 33.5 Å². The molecule has 218 valence electrons. The molecule has 9 aromatic rings. The van der Waals surface area contributed by atoms with Gasteiger partial charge in [0.05, 0.1) is 22.4 Å². The van der Waals surface area contributed by atoms with Gasteiger partial charge in [0.15, 0.2) is 0 Å². The lowest BCUT2D eigenvalue weighted by atomic mass is 9.97. The number of anilines is 3. The zero-order chi connectivity index (χ0) is 30.6. The first-order chi connectivity index (χ1) is 22.7. The summed E-state index contributed by atoms with van der Waals surface area (Å²) in [6.45, 7) is 0.699. The van der Waals surface area contributed by atoms with Crippen LogP contribution in [0.1, 0.15) is 5.56 Å². The molecule has 0 atom stereocenters. The van der Waals surface area contributed by atoms with E-state index in [-0.39, 0.29) is 0 Å². The molecule has 0 amide bonds. The average Bonchev–Trinajstić information content (AvgIpc) is 3.43. The van der Waals surface area contributed by atoms with Crippen molar-refractivity contribution in [3.8, 4) is 5.69 Å². The molecular weight excluding hydrogens is 558 g/mol. The summed E-state index contributed by atoms with van der Waals surface area (Å²) < 4.78 is 2.42. The van der Waals surface area contributed by atoms with Gasteiger partial charge in [0.1, 0.15) is 0 Å². The third-order valence-corrected chi connectivity index (χ3v) is 9.31. The molecule has 0 aliphatic carbocycles. The predicted molar refractivity (Wildman–Crippen MR) is 196 cm³/mol. The van der Waals surface area contributed by atoms with Crippen molar-refractivity contribution >= 4 is 71.2 Å². The first-order valence-electron chi connectivity index (χ1n) is 15.8. The van der Waals surface area contributed by atoms with E-state index in [1.165, 1.54) is 48.9 Å². The van der Waals surface area contributed by atoms with Gasteiger partial charge >= 0.3 is 0 Å². The topological polar surface area (TPSA) is 34.2 Å². The molecular formula is C43H31N3. The molecule has 0 saturated heterocycles. The molecule has 0 saturated carbocycles. The largest absolute Gasteiger partial charge is 0.397 e. The maximum atomic E-state index is 6.96. The summed E-state index contributed by atoms with van der Waals surface area (Å²) in [5, 5.41) is 9.68. The van der Waals surface area contributed by atoms with Crippen LogP contribution in [0.15, 0.2) is 164 Å². The van der Waals surface area contributed by atoms with Gasteiger partial charge in [-0.05, 0) is 81.0 Å². The van der Waals surface area contributed by atoms with Gasteiger partial charge in [-0.15, -0.1) is 0 Å². The Balaban J connectivity index is 1.34. The highest BCUT2D eigenvalue weighted by atomic mass is 15.1. The van der Waals surface area contributed by atoms with Crippen molar-refractivity contribution in [2.24, 2.45) is 0 Å². The van der Waals surface area contributed by atoms with E-state index in [1.54, 1.807) is 0 Å². The summed E-state index contributed by atoms with van der Waals surface area (Å²) in [5.74, 6) is 0. The van der Waals surface area contributed by atoms with Crippen LogP contribution in [0.3, 0.4) is 0 Å². The number of aromatic nitrogens is 1.